The van der Waals surface area contributed by atoms with Crippen LogP contribution in [0, 0.1) is 13.8 Å². The molecule has 1 aliphatic carbocycles. The number of benzene rings is 2. The summed E-state index contributed by atoms with van der Waals surface area (Å²) < 4.78 is 16.7. The molecular weight excluding hydrogens is 368 g/mol. The Balaban J connectivity index is 1.73. The molecule has 0 spiro atoms. The van der Waals surface area contributed by atoms with E-state index in [9.17, 15) is 5.11 Å². The number of nitrogens with one attached hydrogen (secondary N) is 1. The van der Waals surface area contributed by atoms with Crippen molar-refractivity contribution in [1.82, 2.24) is 4.98 Å². The molecule has 1 unspecified atom stereocenters. The van der Waals surface area contributed by atoms with Gasteiger partial charge in [-0.25, -0.2) is 0 Å². The number of methoxy groups -OCH3 is 1. The molecule has 6 heteroatoms. The third kappa shape index (κ3) is 2.95. The van der Waals surface area contributed by atoms with Crippen LogP contribution in [-0.4, -0.2) is 24.0 Å². The van der Waals surface area contributed by atoms with Crippen LogP contribution in [0.4, 0.5) is 11.4 Å². The summed E-state index contributed by atoms with van der Waals surface area (Å²) in [5.41, 5.74) is 6.69. The van der Waals surface area contributed by atoms with E-state index in [0.717, 1.165) is 69.7 Å². The molecule has 5 rings (SSSR count). The van der Waals surface area contributed by atoms with E-state index in [4.69, 9.17) is 19.2 Å². The Morgan fingerprint density at radius 3 is 2.72 bits per heavy atom. The number of aliphatic hydroxyl groups is 1. The first kappa shape index (κ1) is 18.1. The third-order valence-electron chi connectivity index (χ3n) is 5.93. The van der Waals surface area contributed by atoms with Gasteiger partial charge in [-0.1, -0.05) is 0 Å². The maximum Gasteiger partial charge on any atom is 0.231 e. The van der Waals surface area contributed by atoms with E-state index < -0.39 is 6.10 Å². The van der Waals surface area contributed by atoms with Crippen LogP contribution in [0.15, 0.2) is 24.3 Å². The van der Waals surface area contributed by atoms with Gasteiger partial charge in [0.25, 0.3) is 0 Å². The van der Waals surface area contributed by atoms with Crippen LogP contribution in [0.2, 0.25) is 0 Å². The summed E-state index contributed by atoms with van der Waals surface area (Å²) in [4.78, 5) is 4.85. The number of aromatic nitrogens is 1. The minimum absolute atomic E-state index is 0.213. The monoisotopic (exact) mass is 392 g/mol. The van der Waals surface area contributed by atoms with E-state index in [1.165, 1.54) is 0 Å². The molecule has 29 heavy (non-hydrogen) atoms. The Labute approximate surface area is 169 Å². The second-order valence-corrected chi connectivity index (χ2v) is 7.72. The fraction of sp³-hybridized carbons (Fsp3) is 0.348. The summed E-state index contributed by atoms with van der Waals surface area (Å²) >= 11 is 0. The van der Waals surface area contributed by atoms with Gasteiger partial charge in [0.1, 0.15) is 5.75 Å². The number of aryl methyl sites for hydroxylation is 2. The molecule has 0 saturated carbocycles. The zero-order valence-corrected chi connectivity index (χ0v) is 16.8. The second kappa shape index (κ2) is 6.81. The van der Waals surface area contributed by atoms with Gasteiger partial charge in [-0.15, -0.1) is 0 Å². The lowest BCUT2D eigenvalue weighted by molar-refractivity contribution is 0.156. The molecule has 2 N–H and O–H groups in total. The molecule has 150 valence electrons. The highest BCUT2D eigenvalue weighted by Gasteiger charge is 2.27. The Bertz CT molecular complexity index is 1130. The minimum Gasteiger partial charge on any atom is -0.496 e. The Hall–Kier alpha value is -2.99. The van der Waals surface area contributed by atoms with E-state index in [0.29, 0.717) is 11.5 Å². The average Bonchev–Trinajstić information content (AvgIpc) is 3.16. The number of hydrogen-bond acceptors (Lipinski definition) is 6. The number of ether oxygens (including phenoxy) is 3. The van der Waals surface area contributed by atoms with Crippen molar-refractivity contribution in [2.24, 2.45) is 0 Å². The van der Waals surface area contributed by atoms with Crippen LogP contribution in [0.25, 0.3) is 10.9 Å². The highest BCUT2D eigenvalue weighted by molar-refractivity contribution is 5.97. The fourth-order valence-corrected chi connectivity index (χ4v) is 4.27. The zero-order chi connectivity index (χ0) is 20.1. The number of fused-ring (bicyclic) bond motifs is 3. The van der Waals surface area contributed by atoms with Crippen molar-refractivity contribution >= 4 is 22.3 Å². The molecule has 0 amide bonds. The van der Waals surface area contributed by atoms with Gasteiger partial charge >= 0.3 is 0 Å². The SMILES string of the molecule is COc1cc(Nc2c3c(nc4cc5c(cc24)OCO5)CCCC3O)cc(C)c1C. The van der Waals surface area contributed by atoms with Gasteiger partial charge in [-0.3, -0.25) is 4.98 Å². The first-order valence-electron chi connectivity index (χ1n) is 9.91. The van der Waals surface area contributed by atoms with Crippen molar-refractivity contribution in [3.8, 4) is 17.2 Å². The van der Waals surface area contributed by atoms with E-state index in [1.807, 2.05) is 25.1 Å². The van der Waals surface area contributed by atoms with Crippen molar-refractivity contribution in [2.75, 3.05) is 19.2 Å². The average molecular weight is 392 g/mol. The number of pyridine rings is 1. The van der Waals surface area contributed by atoms with Gasteiger partial charge in [-0.2, -0.15) is 0 Å². The number of anilines is 2. The van der Waals surface area contributed by atoms with E-state index >= 15 is 0 Å². The van der Waals surface area contributed by atoms with Gasteiger partial charge in [0.15, 0.2) is 11.5 Å². The molecule has 3 aromatic rings. The molecule has 2 heterocycles. The summed E-state index contributed by atoms with van der Waals surface area (Å²) in [6, 6.07) is 7.96. The van der Waals surface area contributed by atoms with Gasteiger partial charge in [0, 0.05) is 34.5 Å². The Morgan fingerprint density at radius 2 is 1.93 bits per heavy atom. The normalized spacial score (nSPS) is 17.3. The maximum absolute atomic E-state index is 10.8. The zero-order valence-electron chi connectivity index (χ0n) is 16.8. The lowest BCUT2D eigenvalue weighted by Gasteiger charge is -2.26. The molecule has 1 atom stereocenters. The van der Waals surface area contributed by atoms with Crippen molar-refractivity contribution < 1.29 is 19.3 Å². The maximum atomic E-state index is 10.8. The Morgan fingerprint density at radius 1 is 1.14 bits per heavy atom. The molecule has 2 aromatic carbocycles. The van der Waals surface area contributed by atoms with Crippen molar-refractivity contribution in [2.45, 2.75) is 39.2 Å². The smallest absolute Gasteiger partial charge is 0.231 e. The third-order valence-corrected chi connectivity index (χ3v) is 5.93. The van der Waals surface area contributed by atoms with Crippen LogP contribution in [0.1, 0.15) is 41.3 Å². The van der Waals surface area contributed by atoms with E-state index in [-0.39, 0.29) is 6.79 Å². The summed E-state index contributed by atoms with van der Waals surface area (Å²) in [6.45, 7) is 4.33. The van der Waals surface area contributed by atoms with Crippen LogP contribution in [-0.2, 0) is 6.42 Å². The first-order chi connectivity index (χ1) is 14.0. The standard InChI is InChI=1S/C23H24N2O4/c1-12-7-14(8-19(27-3)13(12)2)24-23-15-9-20-21(29-11-28-20)10-17(15)25-16-5-4-6-18(26)22(16)23/h7-10,18,26H,4-6,11H2,1-3H3,(H,24,25). The summed E-state index contributed by atoms with van der Waals surface area (Å²) in [7, 11) is 1.68. The minimum atomic E-state index is -0.544. The number of hydrogen-bond donors (Lipinski definition) is 2. The van der Waals surface area contributed by atoms with Crippen LogP contribution in [0.3, 0.4) is 0 Å². The number of rotatable bonds is 3. The largest absolute Gasteiger partial charge is 0.496 e. The van der Waals surface area contributed by atoms with Crippen molar-refractivity contribution in [3.05, 3.63) is 46.6 Å². The summed E-state index contributed by atoms with van der Waals surface area (Å²) in [5, 5.41) is 15.3. The highest BCUT2D eigenvalue weighted by Crippen LogP contribution is 2.44. The number of nitrogens with zero attached hydrogens (tertiary/aromatic N) is 1. The summed E-state index contributed by atoms with van der Waals surface area (Å²) in [6.07, 6.45) is 1.96. The first-order valence-corrected chi connectivity index (χ1v) is 9.91. The van der Waals surface area contributed by atoms with Crippen LogP contribution >= 0.6 is 0 Å². The topological polar surface area (TPSA) is 72.8 Å². The van der Waals surface area contributed by atoms with Gasteiger partial charge in [-0.05, 0) is 56.4 Å². The fourth-order valence-electron chi connectivity index (χ4n) is 4.27. The summed E-state index contributed by atoms with van der Waals surface area (Å²) in [5.74, 6) is 2.24. The predicted octanol–water partition coefficient (Wildman–Crippen LogP) is 4.70. The van der Waals surface area contributed by atoms with Gasteiger partial charge in [0.2, 0.25) is 6.79 Å². The second-order valence-electron chi connectivity index (χ2n) is 7.72. The molecule has 6 nitrogen and oxygen atoms in total. The molecule has 2 aliphatic rings. The quantitative estimate of drug-likeness (QED) is 0.673. The molecule has 0 bridgehead atoms. The molecule has 1 aromatic heterocycles. The highest BCUT2D eigenvalue weighted by atomic mass is 16.7. The Kier molecular flexibility index (Phi) is 4.24. The van der Waals surface area contributed by atoms with Gasteiger partial charge < -0.3 is 24.6 Å². The molecular formula is C23H24N2O4. The molecule has 0 radical (unpaired) electrons. The van der Waals surface area contributed by atoms with Crippen molar-refractivity contribution in [3.63, 3.8) is 0 Å². The molecule has 0 fully saturated rings. The van der Waals surface area contributed by atoms with Gasteiger partial charge in [0.05, 0.1) is 24.4 Å². The van der Waals surface area contributed by atoms with E-state index in [2.05, 4.69) is 18.3 Å². The lowest BCUT2D eigenvalue weighted by Crippen LogP contribution is -2.14. The van der Waals surface area contributed by atoms with Crippen LogP contribution in [0.5, 0.6) is 17.2 Å². The molecule has 0 saturated heterocycles. The van der Waals surface area contributed by atoms with Crippen molar-refractivity contribution in [1.29, 1.82) is 0 Å². The molecule has 1 aliphatic heterocycles. The lowest BCUT2D eigenvalue weighted by atomic mass is 9.90. The predicted molar refractivity (Wildman–Crippen MR) is 112 cm³/mol. The van der Waals surface area contributed by atoms with E-state index in [1.54, 1.807) is 7.11 Å². The van der Waals surface area contributed by atoms with Crippen LogP contribution < -0.4 is 19.5 Å². The number of aliphatic hydroxyl groups excluding tert-OH is 1.